The van der Waals surface area contributed by atoms with Gasteiger partial charge in [-0.1, -0.05) is 33.6 Å². The molecule has 0 saturated heterocycles. The van der Waals surface area contributed by atoms with Crippen molar-refractivity contribution < 1.29 is 0 Å². The van der Waals surface area contributed by atoms with Gasteiger partial charge in [0.1, 0.15) is 5.03 Å². The minimum Gasteiger partial charge on any atom is -0.254 e. The molecule has 0 spiro atoms. The average Bonchev–Trinajstić information content (AvgIpc) is 2.22. The van der Waals surface area contributed by atoms with Crippen LogP contribution in [0.2, 0.25) is 0 Å². The highest BCUT2D eigenvalue weighted by Gasteiger charge is 2.07. The summed E-state index contributed by atoms with van der Waals surface area (Å²) in [6, 6.07) is 0. The van der Waals surface area contributed by atoms with Gasteiger partial charge in [0.15, 0.2) is 0 Å². The first-order valence-electron chi connectivity index (χ1n) is 6.12. The molecule has 1 unspecified atom stereocenters. The zero-order chi connectivity index (χ0) is 12.0. The van der Waals surface area contributed by atoms with Crippen LogP contribution in [-0.2, 0) is 6.42 Å². The molecule has 0 aliphatic carbocycles. The van der Waals surface area contributed by atoms with Crippen LogP contribution in [-0.4, -0.2) is 15.7 Å². The maximum absolute atomic E-state index is 4.63. The number of thioether (sulfide) groups is 1. The largest absolute Gasteiger partial charge is 0.254 e. The van der Waals surface area contributed by atoms with Crippen LogP contribution in [0.4, 0.5) is 0 Å². The van der Waals surface area contributed by atoms with Crippen LogP contribution in [0.15, 0.2) is 11.2 Å². The van der Waals surface area contributed by atoms with Crippen LogP contribution in [0.5, 0.6) is 0 Å². The zero-order valence-electron chi connectivity index (χ0n) is 10.8. The molecular formula is C13H22N2S. The highest BCUT2D eigenvalue weighted by atomic mass is 32.2. The molecular weight excluding hydrogens is 216 g/mol. The highest BCUT2D eigenvalue weighted by Crippen LogP contribution is 2.19. The second-order valence-electron chi connectivity index (χ2n) is 4.28. The molecule has 0 amide bonds. The maximum atomic E-state index is 4.63. The van der Waals surface area contributed by atoms with E-state index in [0.717, 1.165) is 28.6 Å². The van der Waals surface area contributed by atoms with Crippen molar-refractivity contribution in [1.29, 1.82) is 0 Å². The third-order valence-corrected chi connectivity index (χ3v) is 3.53. The Hall–Kier alpha value is -0.570. The van der Waals surface area contributed by atoms with Gasteiger partial charge in [-0.2, -0.15) is 0 Å². The Morgan fingerprint density at radius 2 is 2.12 bits per heavy atom. The normalized spacial score (nSPS) is 12.8. The second-order valence-corrected chi connectivity index (χ2v) is 5.54. The summed E-state index contributed by atoms with van der Waals surface area (Å²) in [5.41, 5.74) is 2.21. The Morgan fingerprint density at radius 3 is 2.69 bits per heavy atom. The fourth-order valence-corrected chi connectivity index (χ4v) is 2.50. The lowest BCUT2D eigenvalue weighted by molar-refractivity contribution is 0.514. The Morgan fingerprint density at radius 1 is 1.38 bits per heavy atom. The molecule has 0 saturated carbocycles. The van der Waals surface area contributed by atoms with E-state index in [9.17, 15) is 0 Å². The van der Waals surface area contributed by atoms with Gasteiger partial charge < -0.3 is 0 Å². The fraction of sp³-hybridized carbons (Fsp3) is 0.692. The van der Waals surface area contributed by atoms with Crippen molar-refractivity contribution in [3.8, 4) is 0 Å². The Balaban J connectivity index is 2.65. The molecule has 0 radical (unpaired) electrons. The second kappa shape index (κ2) is 6.89. The van der Waals surface area contributed by atoms with Gasteiger partial charge in [0.25, 0.3) is 0 Å². The van der Waals surface area contributed by atoms with Gasteiger partial charge in [-0.3, -0.25) is 4.98 Å². The summed E-state index contributed by atoms with van der Waals surface area (Å²) in [6.45, 7) is 8.71. The quantitative estimate of drug-likeness (QED) is 0.703. The van der Waals surface area contributed by atoms with Crippen LogP contribution in [0.1, 0.15) is 45.0 Å². The SMILES string of the molecule is CCCC(C)Cc1cnc(SCC)c(C)n1. The van der Waals surface area contributed by atoms with E-state index in [1.165, 1.54) is 12.8 Å². The Kier molecular flexibility index (Phi) is 5.81. The predicted molar refractivity (Wildman–Crippen MR) is 70.9 cm³/mol. The minimum atomic E-state index is 0.711. The van der Waals surface area contributed by atoms with Gasteiger partial charge in [-0.05, 0) is 25.0 Å². The lowest BCUT2D eigenvalue weighted by atomic mass is 10.0. The summed E-state index contributed by atoms with van der Waals surface area (Å²) in [5.74, 6) is 1.77. The molecule has 1 aromatic rings. The van der Waals surface area contributed by atoms with Crippen LogP contribution in [0.25, 0.3) is 0 Å². The van der Waals surface area contributed by atoms with Crippen LogP contribution in [0, 0.1) is 12.8 Å². The van der Waals surface area contributed by atoms with Crippen molar-refractivity contribution in [2.75, 3.05) is 5.75 Å². The summed E-state index contributed by atoms with van der Waals surface area (Å²) in [7, 11) is 0. The van der Waals surface area contributed by atoms with E-state index in [-0.39, 0.29) is 0 Å². The topological polar surface area (TPSA) is 25.8 Å². The minimum absolute atomic E-state index is 0.711. The highest BCUT2D eigenvalue weighted by molar-refractivity contribution is 7.99. The molecule has 90 valence electrons. The summed E-state index contributed by atoms with van der Waals surface area (Å²) in [6.07, 6.45) is 5.51. The molecule has 0 fully saturated rings. The number of hydrogen-bond donors (Lipinski definition) is 0. The molecule has 16 heavy (non-hydrogen) atoms. The van der Waals surface area contributed by atoms with Crippen LogP contribution < -0.4 is 0 Å². The molecule has 0 bridgehead atoms. The number of rotatable bonds is 6. The number of nitrogens with zero attached hydrogens (tertiary/aromatic N) is 2. The Bertz CT molecular complexity index is 326. The molecule has 0 aliphatic heterocycles. The Labute approximate surface area is 103 Å². The van der Waals surface area contributed by atoms with Gasteiger partial charge in [0.05, 0.1) is 11.4 Å². The van der Waals surface area contributed by atoms with Gasteiger partial charge in [-0.25, -0.2) is 4.98 Å². The van der Waals surface area contributed by atoms with E-state index >= 15 is 0 Å². The molecule has 1 aromatic heterocycles. The first-order chi connectivity index (χ1) is 7.67. The lowest BCUT2D eigenvalue weighted by Crippen LogP contribution is -2.04. The van der Waals surface area contributed by atoms with E-state index in [1.54, 1.807) is 11.8 Å². The van der Waals surface area contributed by atoms with E-state index in [1.807, 2.05) is 6.20 Å². The number of hydrogen-bond acceptors (Lipinski definition) is 3. The monoisotopic (exact) mass is 238 g/mol. The van der Waals surface area contributed by atoms with Gasteiger partial charge in [0.2, 0.25) is 0 Å². The smallest absolute Gasteiger partial charge is 0.117 e. The molecule has 2 nitrogen and oxygen atoms in total. The lowest BCUT2D eigenvalue weighted by Gasteiger charge is -2.10. The molecule has 1 rings (SSSR count). The van der Waals surface area contributed by atoms with Crippen molar-refractivity contribution in [1.82, 2.24) is 9.97 Å². The van der Waals surface area contributed by atoms with E-state index in [2.05, 4.69) is 37.7 Å². The van der Waals surface area contributed by atoms with Crippen molar-refractivity contribution in [2.45, 2.75) is 52.0 Å². The first kappa shape index (κ1) is 13.5. The summed E-state index contributed by atoms with van der Waals surface area (Å²) in [5, 5.41) is 1.08. The predicted octanol–water partition coefficient (Wildman–Crippen LogP) is 3.88. The standard InChI is InChI=1S/C13H22N2S/c1-5-7-10(3)8-12-9-14-13(16-6-2)11(4)15-12/h9-10H,5-8H2,1-4H3. The molecule has 1 heterocycles. The molecule has 0 aliphatic rings. The fourth-order valence-electron chi connectivity index (χ4n) is 1.85. The first-order valence-corrected chi connectivity index (χ1v) is 7.11. The summed E-state index contributed by atoms with van der Waals surface area (Å²) >= 11 is 1.77. The molecule has 1 atom stereocenters. The van der Waals surface area contributed by atoms with E-state index in [4.69, 9.17) is 0 Å². The van der Waals surface area contributed by atoms with E-state index < -0.39 is 0 Å². The van der Waals surface area contributed by atoms with Crippen LogP contribution in [0.3, 0.4) is 0 Å². The maximum Gasteiger partial charge on any atom is 0.117 e. The van der Waals surface area contributed by atoms with Crippen LogP contribution >= 0.6 is 11.8 Å². The average molecular weight is 238 g/mol. The van der Waals surface area contributed by atoms with Crippen molar-refractivity contribution in [2.24, 2.45) is 5.92 Å². The van der Waals surface area contributed by atoms with Crippen molar-refractivity contribution in [3.05, 3.63) is 17.6 Å². The summed E-state index contributed by atoms with van der Waals surface area (Å²) < 4.78 is 0. The number of aryl methyl sites for hydroxylation is 1. The van der Waals surface area contributed by atoms with Crippen molar-refractivity contribution in [3.63, 3.8) is 0 Å². The summed E-state index contributed by atoms with van der Waals surface area (Å²) in [4.78, 5) is 9.11. The van der Waals surface area contributed by atoms with Gasteiger partial charge in [0, 0.05) is 6.20 Å². The third-order valence-electron chi connectivity index (χ3n) is 2.57. The molecule has 0 aromatic carbocycles. The molecule has 0 N–H and O–H groups in total. The molecule has 3 heteroatoms. The van der Waals surface area contributed by atoms with Gasteiger partial charge in [-0.15, -0.1) is 11.8 Å². The van der Waals surface area contributed by atoms with E-state index in [0.29, 0.717) is 5.92 Å². The zero-order valence-corrected chi connectivity index (χ0v) is 11.6. The third kappa shape index (κ3) is 4.12. The van der Waals surface area contributed by atoms with Gasteiger partial charge >= 0.3 is 0 Å². The number of aromatic nitrogens is 2. The van der Waals surface area contributed by atoms with Crippen molar-refractivity contribution >= 4 is 11.8 Å².